The Balaban J connectivity index is 0. The van der Waals surface area contributed by atoms with Crippen LogP contribution in [0.1, 0.15) is 19.8 Å². The van der Waals surface area contributed by atoms with Gasteiger partial charge in [0.15, 0.2) is 0 Å². The summed E-state index contributed by atoms with van der Waals surface area (Å²) in [6.07, 6.45) is 2.90. The van der Waals surface area contributed by atoms with Crippen molar-refractivity contribution in [1.82, 2.24) is 0 Å². The van der Waals surface area contributed by atoms with Gasteiger partial charge >= 0.3 is 0 Å². The van der Waals surface area contributed by atoms with Gasteiger partial charge < -0.3 is 11.0 Å². The van der Waals surface area contributed by atoms with Crippen molar-refractivity contribution in [3.05, 3.63) is 0 Å². The van der Waals surface area contributed by atoms with E-state index in [0.717, 1.165) is 5.92 Å². The quantitative estimate of drug-likeness (QED) is 0.498. The molecular formula is C6H16O2S. The lowest BCUT2D eigenvalue weighted by Gasteiger charge is -2.15. The molecular weight excluding hydrogens is 136 g/mol. The predicted molar refractivity (Wildman–Crippen MR) is 43.0 cm³/mol. The molecule has 0 spiro atoms. The maximum absolute atomic E-state index is 2.35. The Morgan fingerprint density at radius 1 is 1.11 bits per heavy atom. The second-order valence-electron chi connectivity index (χ2n) is 2.29. The number of thioether (sulfide) groups is 1. The first-order valence-corrected chi connectivity index (χ1v) is 4.13. The van der Waals surface area contributed by atoms with Gasteiger partial charge in [0.25, 0.3) is 0 Å². The van der Waals surface area contributed by atoms with Crippen LogP contribution in [0.2, 0.25) is 0 Å². The van der Waals surface area contributed by atoms with Crippen LogP contribution in [-0.2, 0) is 0 Å². The maximum atomic E-state index is 2.35. The van der Waals surface area contributed by atoms with Crippen LogP contribution in [0.15, 0.2) is 0 Å². The molecule has 4 N–H and O–H groups in total. The molecule has 1 heterocycles. The molecule has 0 bridgehead atoms. The highest BCUT2D eigenvalue weighted by atomic mass is 32.2. The summed E-state index contributed by atoms with van der Waals surface area (Å²) >= 11 is 2.10. The lowest BCUT2D eigenvalue weighted by Crippen LogP contribution is -2.04. The van der Waals surface area contributed by atoms with Crippen LogP contribution in [0.25, 0.3) is 0 Å². The summed E-state index contributed by atoms with van der Waals surface area (Å²) in [5.74, 6) is 3.82. The fraction of sp³-hybridized carbons (Fsp3) is 1.00. The van der Waals surface area contributed by atoms with Gasteiger partial charge in [0.2, 0.25) is 0 Å². The van der Waals surface area contributed by atoms with Crippen molar-refractivity contribution < 1.29 is 11.0 Å². The number of rotatable bonds is 0. The lowest BCUT2D eigenvalue weighted by molar-refractivity contribution is 0.541. The highest BCUT2D eigenvalue weighted by Crippen LogP contribution is 2.21. The summed E-state index contributed by atoms with van der Waals surface area (Å²) in [7, 11) is 0. The van der Waals surface area contributed by atoms with Crippen LogP contribution in [-0.4, -0.2) is 22.5 Å². The van der Waals surface area contributed by atoms with Crippen LogP contribution in [0.4, 0.5) is 0 Å². The molecule has 0 aliphatic carbocycles. The molecule has 1 rings (SSSR count). The molecule has 0 saturated carbocycles. The van der Waals surface area contributed by atoms with Crippen molar-refractivity contribution in [2.75, 3.05) is 11.5 Å². The summed E-state index contributed by atoms with van der Waals surface area (Å²) in [6, 6.07) is 0. The maximum Gasteiger partial charge on any atom is -0.00650 e. The monoisotopic (exact) mass is 152 g/mol. The standard InChI is InChI=1S/C6H12S.2H2O/c1-6-2-4-7-5-3-6;;/h6H,2-5H2,1H3;2*1H2. The first-order valence-electron chi connectivity index (χ1n) is 2.97. The highest BCUT2D eigenvalue weighted by molar-refractivity contribution is 7.99. The van der Waals surface area contributed by atoms with E-state index in [1.807, 2.05) is 0 Å². The van der Waals surface area contributed by atoms with Crippen molar-refractivity contribution in [2.45, 2.75) is 19.8 Å². The molecule has 0 amide bonds. The average molecular weight is 152 g/mol. The van der Waals surface area contributed by atoms with Crippen molar-refractivity contribution in [1.29, 1.82) is 0 Å². The zero-order chi connectivity index (χ0) is 5.11. The summed E-state index contributed by atoms with van der Waals surface area (Å²) in [5.41, 5.74) is 0. The summed E-state index contributed by atoms with van der Waals surface area (Å²) < 4.78 is 0. The van der Waals surface area contributed by atoms with Gasteiger partial charge in [0.05, 0.1) is 0 Å². The minimum atomic E-state index is 0. The van der Waals surface area contributed by atoms with Gasteiger partial charge in [-0.1, -0.05) is 6.92 Å². The zero-order valence-electron chi connectivity index (χ0n) is 5.81. The molecule has 0 unspecified atom stereocenters. The van der Waals surface area contributed by atoms with Gasteiger partial charge in [-0.2, -0.15) is 11.8 Å². The molecule has 3 heteroatoms. The number of hydrogen-bond donors (Lipinski definition) is 0. The molecule has 1 saturated heterocycles. The summed E-state index contributed by atoms with van der Waals surface area (Å²) in [6.45, 7) is 2.35. The van der Waals surface area contributed by atoms with Crippen LogP contribution in [0.5, 0.6) is 0 Å². The molecule has 0 atom stereocenters. The van der Waals surface area contributed by atoms with E-state index in [2.05, 4.69) is 18.7 Å². The van der Waals surface area contributed by atoms with E-state index in [1.165, 1.54) is 24.3 Å². The lowest BCUT2D eigenvalue weighted by atomic mass is 10.1. The Bertz CT molecular complexity index is 53.0. The Morgan fingerprint density at radius 3 is 1.78 bits per heavy atom. The third-order valence-corrected chi connectivity index (χ3v) is 2.56. The van der Waals surface area contributed by atoms with Crippen LogP contribution in [0.3, 0.4) is 0 Å². The Morgan fingerprint density at radius 2 is 1.56 bits per heavy atom. The predicted octanol–water partition coefficient (Wildman–Crippen LogP) is 0.500. The molecule has 2 nitrogen and oxygen atoms in total. The molecule has 9 heavy (non-hydrogen) atoms. The Hall–Kier alpha value is 0.270. The molecule has 58 valence electrons. The Kier molecular flexibility index (Phi) is 8.52. The van der Waals surface area contributed by atoms with Crippen molar-refractivity contribution >= 4 is 11.8 Å². The minimum absolute atomic E-state index is 0. The largest absolute Gasteiger partial charge is 0.412 e. The van der Waals surface area contributed by atoms with Gasteiger partial charge in [0.1, 0.15) is 0 Å². The molecule has 1 aliphatic heterocycles. The summed E-state index contributed by atoms with van der Waals surface area (Å²) in [4.78, 5) is 0. The second kappa shape index (κ2) is 6.39. The molecule has 1 aliphatic rings. The molecule has 0 aromatic heterocycles. The minimum Gasteiger partial charge on any atom is -0.412 e. The van der Waals surface area contributed by atoms with Crippen LogP contribution < -0.4 is 0 Å². The SMILES string of the molecule is CC1CCSCC1.O.O. The smallest absolute Gasteiger partial charge is 0.00650 e. The van der Waals surface area contributed by atoms with E-state index in [-0.39, 0.29) is 11.0 Å². The molecule has 0 aromatic rings. The summed E-state index contributed by atoms with van der Waals surface area (Å²) in [5, 5.41) is 0. The van der Waals surface area contributed by atoms with Crippen molar-refractivity contribution in [2.24, 2.45) is 5.92 Å². The third-order valence-electron chi connectivity index (χ3n) is 1.51. The normalized spacial score (nSPS) is 19.7. The van der Waals surface area contributed by atoms with Gasteiger partial charge in [-0.05, 0) is 30.3 Å². The van der Waals surface area contributed by atoms with E-state index >= 15 is 0 Å². The van der Waals surface area contributed by atoms with Crippen LogP contribution in [0, 0.1) is 5.92 Å². The van der Waals surface area contributed by atoms with Crippen LogP contribution >= 0.6 is 11.8 Å². The molecule has 0 radical (unpaired) electrons. The van der Waals surface area contributed by atoms with E-state index < -0.39 is 0 Å². The van der Waals surface area contributed by atoms with Crippen molar-refractivity contribution in [3.63, 3.8) is 0 Å². The molecule has 1 fully saturated rings. The topological polar surface area (TPSA) is 63.0 Å². The fourth-order valence-corrected chi connectivity index (χ4v) is 2.16. The van der Waals surface area contributed by atoms with E-state index in [4.69, 9.17) is 0 Å². The highest BCUT2D eigenvalue weighted by Gasteiger charge is 2.06. The van der Waals surface area contributed by atoms with Crippen molar-refractivity contribution in [3.8, 4) is 0 Å². The first-order chi connectivity index (χ1) is 3.39. The average Bonchev–Trinajstić information content (AvgIpc) is 1.69. The van der Waals surface area contributed by atoms with Gasteiger partial charge in [0, 0.05) is 0 Å². The van der Waals surface area contributed by atoms with Gasteiger partial charge in [-0.25, -0.2) is 0 Å². The van der Waals surface area contributed by atoms with E-state index in [9.17, 15) is 0 Å². The van der Waals surface area contributed by atoms with E-state index in [0.29, 0.717) is 0 Å². The van der Waals surface area contributed by atoms with Gasteiger partial charge in [-0.15, -0.1) is 0 Å². The van der Waals surface area contributed by atoms with Gasteiger partial charge in [-0.3, -0.25) is 0 Å². The first kappa shape index (κ1) is 12.0. The molecule has 0 aromatic carbocycles. The second-order valence-corrected chi connectivity index (χ2v) is 3.52. The Labute approximate surface area is 60.6 Å². The van der Waals surface area contributed by atoms with E-state index in [1.54, 1.807) is 0 Å². The third kappa shape index (κ3) is 4.75. The zero-order valence-corrected chi connectivity index (χ0v) is 6.63. The number of hydrogen-bond acceptors (Lipinski definition) is 1. The fourth-order valence-electron chi connectivity index (χ4n) is 0.815.